The number of thiophene rings is 1. The lowest BCUT2D eigenvalue weighted by atomic mass is 10.4. The smallest absolute Gasteiger partial charge is 0.245 e. The van der Waals surface area contributed by atoms with Gasteiger partial charge in [0.1, 0.15) is 10.6 Å². The molecule has 0 amide bonds. The van der Waals surface area contributed by atoms with Crippen LogP contribution in [0.4, 0.5) is 5.95 Å². The quantitative estimate of drug-likeness (QED) is 0.887. The molecule has 0 atom stereocenters. The normalized spacial score (nSPS) is 16.4. The first-order valence-corrected chi connectivity index (χ1v) is 7.26. The minimum atomic E-state index is 0.772. The predicted molar refractivity (Wildman–Crippen MR) is 75.9 cm³/mol. The van der Waals surface area contributed by atoms with Crippen LogP contribution in [0.25, 0.3) is 10.7 Å². The summed E-state index contributed by atoms with van der Waals surface area (Å²) in [5.74, 6) is 2.39. The van der Waals surface area contributed by atoms with Crippen LogP contribution in [0.15, 0.2) is 11.4 Å². The van der Waals surface area contributed by atoms with Crippen molar-refractivity contribution >= 4 is 17.3 Å². The van der Waals surface area contributed by atoms with E-state index in [0.29, 0.717) is 0 Å². The summed E-state index contributed by atoms with van der Waals surface area (Å²) in [6, 6.07) is 1.94. The van der Waals surface area contributed by atoms with Crippen LogP contribution < -0.4 is 15.0 Å². The molecule has 2 aromatic rings. The molecular weight excluding hydrogens is 262 g/mol. The van der Waals surface area contributed by atoms with Crippen molar-refractivity contribution in [2.45, 2.75) is 6.42 Å². The van der Waals surface area contributed by atoms with E-state index in [1.807, 2.05) is 11.4 Å². The van der Waals surface area contributed by atoms with Crippen molar-refractivity contribution in [2.24, 2.45) is 0 Å². The largest absolute Gasteiger partial charge is 0.495 e. The molecule has 3 rings (SSSR count). The van der Waals surface area contributed by atoms with E-state index in [2.05, 4.69) is 25.4 Å². The highest BCUT2D eigenvalue weighted by molar-refractivity contribution is 7.13. The molecule has 0 bridgehead atoms. The first kappa shape index (κ1) is 12.4. The average molecular weight is 279 g/mol. The topological polar surface area (TPSA) is 66.1 Å². The molecule has 1 saturated heterocycles. The van der Waals surface area contributed by atoms with E-state index in [4.69, 9.17) is 4.74 Å². The zero-order chi connectivity index (χ0) is 13.1. The second-order valence-corrected chi connectivity index (χ2v) is 5.31. The number of anilines is 1. The fourth-order valence-electron chi connectivity index (χ4n) is 2.17. The highest BCUT2D eigenvalue weighted by atomic mass is 32.1. The third-order valence-electron chi connectivity index (χ3n) is 3.16. The third-order valence-corrected chi connectivity index (χ3v) is 4.06. The molecule has 2 N–H and O–H groups in total. The maximum absolute atomic E-state index is 5.31. The molecule has 19 heavy (non-hydrogen) atoms. The lowest BCUT2D eigenvalue weighted by molar-refractivity contribution is 0.418. The molecular formula is C12H17N5OS. The predicted octanol–water partition coefficient (Wildman–Crippen LogP) is 1.34. The van der Waals surface area contributed by atoms with Gasteiger partial charge in [-0.15, -0.1) is 16.4 Å². The number of rotatable bonds is 3. The van der Waals surface area contributed by atoms with Crippen molar-refractivity contribution in [1.29, 1.82) is 0 Å². The molecule has 0 radical (unpaired) electrons. The lowest BCUT2D eigenvalue weighted by Crippen LogP contribution is -2.28. The van der Waals surface area contributed by atoms with Crippen molar-refractivity contribution in [3.8, 4) is 16.5 Å². The Labute approximate surface area is 115 Å². The maximum Gasteiger partial charge on any atom is 0.245 e. The molecule has 1 aliphatic heterocycles. The van der Waals surface area contributed by atoms with E-state index in [9.17, 15) is 0 Å². The van der Waals surface area contributed by atoms with Crippen LogP contribution >= 0.6 is 11.3 Å². The molecule has 1 fully saturated rings. The van der Waals surface area contributed by atoms with Crippen LogP contribution in [-0.2, 0) is 0 Å². The summed E-state index contributed by atoms with van der Waals surface area (Å²) in [5, 5.41) is 12.7. The number of nitrogens with zero attached hydrogens (tertiary/aromatic N) is 3. The van der Waals surface area contributed by atoms with Crippen molar-refractivity contribution in [2.75, 3.05) is 38.2 Å². The number of H-pyrrole nitrogens is 1. The van der Waals surface area contributed by atoms with E-state index in [1.165, 1.54) is 0 Å². The van der Waals surface area contributed by atoms with Gasteiger partial charge in [-0.05, 0) is 24.4 Å². The Morgan fingerprint density at radius 2 is 2.32 bits per heavy atom. The van der Waals surface area contributed by atoms with E-state index in [-0.39, 0.29) is 0 Å². The molecule has 102 valence electrons. The van der Waals surface area contributed by atoms with Crippen molar-refractivity contribution in [3.05, 3.63) is 11.4 Å². The van der Waals surface area contributed by atoms with E-state index in [0.717, 1.165) is 55.0 Å². The Morgan fingerprint density at radius 3 is 3.21 bits per heavy atom. The van der Waals surface area contributed by atoms with Gasteiger partial charge in [0.2, 0.25) is 5.95 Å². The van der Waals surface area contributed by atoms with Crippen LogP contribution in [0, 0.1) is 0 Å². The number of methoxy groups -OCH3 is 1. The van der Waals surface area contributed by atoms with E-state index < -0.39 is 0 Å². The standard InChI is InChI=1S/C12H17N5OS/c1-18-9-3-8-19-10(9)11-14-12(16-15-11)17-6-2-4-13-5-7-17/h3,8,13H,2,4-7H2,1H3,(H,14,15,16). The molecule has 1 aliphatic rings. The van der Waals surface area contributed by atoms with Gasteiger partial charge in [0, 0.05) is 19.6 Å². The number of aromatic nitrogens is 3. The van der Waals surface area contributed by atoms with Gasteiger partial charge in [0.25, 0.3) is 0 Å². The first-order chi connectivity index (χ1) is 9.38. The lowest BCUT2D eigenvalue weighted by Gasteiger charge is -2.16. The number of hydrogen-bond acceptors (Lipinski definition) is 6. The van der Waals surface area contributed by atoms with Crippen LogP contribution in [0.3, 0.4) is 0 Å². The summed E-state index contributed by atoms with van der Waals surface area (Å²) in [7, 11) is 1.67. The first-order valence-electron chi connectivity index (χ1n) is 6.38. The molecule has 0 aromatic carbocycles. The zero-order valence-electron chi connectivity index (χ0n) is 10.8. The molecule has 2 aromatic heterocycles. The monoisotopic (exact) mass is 279 g/mol. The van der Waals surface area contributed by atoms with Crippen molar-refractivity contribution < 1.29 is 4.74 Å². The zero-order valence-corrected chi connectivity index (χ0v) is 11.7. The van der Waals surface area contributed by atoms with E-state index >= 15 is 0 Å². The molecule has 0 saturated carbocycles. The number of nitrogens with one attached hydrogen (secondary N) is 2. The van der Waals surface area contributed by atoms with Crippen LogP contribution in [-0.4, -0.2) is 48.5 Å². The number of ether oxygens (including phenoxy) is 1. The summed E-state index contributed by atoms with van der Waals surface area (Å²) in [6.07, 6.45) is 1.12. The Balaban J connectivity index is 1.82. The maximum atomic E-state index is 5.31. The Morgan fingerprint density at radius 1 is 1.37 bits per heavy atom. The Bertz CT molecular complexity index is 530. The second-order valence-electron chi connectivity index (χ2n) is 4.39. The molecule has 0 spiro atoms. The summed E-state index contributed by atoms with van der Waals surface area (Å²) >= 11 is 1.60. The van der Waals surface area contributed by atoms with Crippen molar-refractivity contribution in [3.63, 3.8) is 0 Å². The summed E-state index contributed by atoms with van der Waals surface area (Å²) in [4.78, 5) is 7.79. The third kappa shape index (κ3) is 2.57. The van der Waals surface area contributed by atoms with Gasteiger partial charge in [-0.3, -0.25) is 5.10 Å². The van der Waals surface area contributed by atoms with Gasteiger partial charge in [0.15, 0.2) is 5.82 Å². The van der Waals surface area contributed by atoms with Gasteiger partial charge in [0.05, 0.1) is 7.11 Å². The average Bonchev–Trinajstić information content (AvgIpc) is 3.01. The molecule has 3 heterocycles. The van der Waals surface area contributed by atoms with Crippen LogP contribution in [0.1, 0.15) is 6.42 Å². The Kier molecular flexibility index (Phi) is 3.65. The fourth-order valence-corrected chi connectivity index (χ4v) is 2.97. The van der Waals surface area contributed by atoms with Gasteiger partial charge < -0.3 is 15.0 Å². The van der Waals surface area contributed by atoms with Gasteiger partial charge in [-0.25, -0.2) is 0 Å². The van der Waals surface area contributed by atoms with Gasteiger partial charge in [-0.2, -0.15) is 4.98 Å². The summed E-state index contributed by atoms with van der Waals surface area (Å²) < 4.78 is 5.31. The van der Waals surface area contributed by atoms with Gasteiger partial charge in [-0.1, -0.05) is 0 Å². The second kappa shape index (κ2) is 5.58. The van der Waals surface area contributed by atoms with Crippen molar-refractivity contribution in [1.82, 2.24) is 20.5 Å². The SMILES string of the molecule is COc1ccsc1-c1nc(N2CCCNCC2)n[nH]1. The molecule has 0 unspecified atom stereocenters. The highest BCUT2D eigenvalue weighted by Crippen LogP contribution is 2.33. The number of hydrogen-bond donors (Lipinski definition) is 2. The minimum absolute atomic E-state index is 0.772. The highest BCUT2D eigenvalue weighted by Gasteiger charge is 2.17. The molecule has 6 nitrogen and oxygen atoms in total. The Hall–Kier alpha value is -1.60. The summed E-state index contributed by atoms with van der Waals surface area (Å²) in [5.41, 5.74) is 0. The minimum Gasteiger partial charge on any atom is -0.495 e. The van der Waals surface area contributed by atoms with E-state index in [1.54, 1.807) is 18.4 Å². The fraction of sp³-hybridized carbons (Fsp3) is 0.500. The number of aromatic amines is 1. The molecule has 7 heteroatoms. The summed E-state index contributed by atoms with van der Waals surface area (Å²) in [6.45, 7) is 3.98. The molecule has 0 aliphatic carbocycles. The van der Waals surface area contributed by atoms with Crippen LogP contribution in [0.2, 0.25) is 0 Å². The van der Waals surface area contributed by atoms with Gasteiger partial charge >= 0.3 is 0 Å². The van der Waals surface area contributed by atoms with Crippen LogP contribution in [0.5, 0.6) is 5.75 Å².